The zero-order valence-electron chi connectivity index (χ0n) is 21.1. The van der Waals surface area contributed by atoms with Crippen LogP contribution in [-0.2, 0) is 23.9 Å². The van der Waals surface area contributed by atoms with Crippen LogP contribution >= 0.6 is 0 Å². The number of benzene rings is 1. The Morgan fingerprint density at radius 2 is 1.76 bits per heavy atom. The number of ether oxygens (including phenoxy) is 2. The maximum atomic E-state index is 13.7. The molecule has 0 aromatic heterocycles. The number of nitrogens with one attached hydrogen (secondary N) is 1. The molecular formula is C27H36N2O5. The Hall–Kier alpha value is -3.09. The van der Waals surface area contributed by atoms with Crippen molar-refractivity contribution in [2.75, 3.05) is 31.7 Å². The molecule has 1 heterocycles. The van der Waals surface area contributed by atoms with Crippen LogP contribution in [0.4, 0.5) is 5.69 Å². The number of hydrogen-bond acceptors (Lipinski definition) is 7. The van der Waals surface area contributed by atoms with E-state index < -0.39 is 23.8 Å². The second-order valence-corrected chi connectivity index (χ2v) is 8.94. The van der Waals surface area contributed by atoms with Crippen molar-refractivity contribution in [1.82, 2.24) is 5.32 Å². The van der Waals surface area contributed by atoms with E-state index in [1.165, 1.54) is 7.11 Å². The van der Waals surface area contributed by atoms with Gasteiger partial charge in [-0.25, -0.2) is 4.79 Å². The lowest BCUT2D eigenvalue weighted by Gasteiger charge is -2.38. The summed E-state index contributed by atoms with van der Waals surface area (Å²) in [7, 11) is 1.30. The highest BCUT2D eigenvalue weighted by Gasteiger charge is 2.47. The number of dihydropyridines is 1. The molecule has 184 valence electrons. The van der Waals surface area contributed by atoms with Crippen LogP contribution in [0.3, 0.4) is 0 Å². The number of Topliss-reactive ketones (excluding diaryl/α,β-unsaturated/α-hetero) is 1. The summed E-state index contributed by atoms with van der Waals surface area (Å²) in [6.07, 6.45) is 1.22. The molecule has 7 nitrogen and oxygen atoms in total. The van der Waals surface area contributed by atoms with Gasteiger partial charge in [-0.1, -0.05) is 26.0 Å². The smallest absolute Gasteiger partial charge is 0.336 e. The molecule has 0 saturated carbocycles. The molecule has 1 aliphatic heterocycles. The van der Waals surface area contributed by atoms with Crippen LogP contribution in [0.25, 0.3) is 0 Å². The molecule has 0 saturated heterocycles. The standard InChI is InChI=1S/C27H36N2O5/c1-7-14-34-27(32)22-17(5)28-20-15-16(4)21(26(31)33-6)25(30)24(20)23(22)18-10-12-19(13-11-18)29(8-2)9-3/h10-13,16,21,23,28H,7-9,14-15H2,1-6H3/t16-,21+,23-/m0/s1. The lowest BCUT2D eigenvalue weighted by atomic mass is 9.69. The average Bonchev–Trinajstić information content (AvgIpc) is 2.82. The van der Waals surface area contributed by atoms with E-state index in [1.807, 2.05) is 45.0 Å². The van der Waals surface area contributed by atoms with E-state index in [-0.39, 0.29) is 11.7 Å². The van der Waals surface area contributed by atoms with Gasteiger partial charge in [0.25, 0.3) is 0 Å². The molecule has 3 atom stereocenters. The Balaban J connectivity index is 2.13. The van der Waals surface area contributed by atoms with E-state index in [1.54, 1.807) is 0 Å². The molecule has 1 aromatic rings. The number of methoxy groups -OCH3 is 1. The summed E-state index contributed by atoms with van der Waals surface area (Å²) in [6.45, 7) is 11.9. The number of ketones is 1. The fraction of sp³-hybridized carbons (Fsp3) is 0.519. The second kappa shape index (κ2) is 10.9. The van der Waals surface area contributed by atoms with Crippen molar-refractivity contribution in [1.29, 1.82) is 0 Å². The van der Waals surface area contributed by atoms with E-state index in [0.717, 1.165) is 30.0 Å². The number of rotatable bonds is 8. The molecule has 0 bridgehead atoms. The van der Waals surface area contributed by atoms with E-state index in [9.17, 15) is 14.4 Å². The van der Waals surface area contributed by atoms with Crippen molar-refractivity contribution in [3.63, 3.8) is 0 Å². The molecule has 0 fully saturated rings. The normalized spacial score (nSPS) is 22.2. The Bertz CT molecular complexity index is 1000. The molecule has 0 amide bonds. The van der Waals surface area contributed by atoms with Gasteiger partial charge in [-0.15, -0.1) is 0 Å². The molecule has 0 radical (unpaired) electrons. The van der Waals surface area contributed by atoms with E-state index in [2.05, 4.69) is 24.1 Å². The number of anilines is 1. The Labute approximate surface area is 202 Å². The van der Waals surface area contributed by atoms with E-state index >= 15 is 0 Å². The maximum absolute atomic E-state index is 13.7. The maximum Gasteiger partial charge on any atom is 0.336 e. The first-order chi connectivity index (χ1) is 16.3. The zero-order chi connectivity index (χ0) is 25.0. The third-order valence-corrected chi connectivity index (χ3v) is 6.76. The van der Waals surface area contributed by atoms with Crippen molar-refractivity contribution in [3.05, 3.63) is 52.4 Å². The summed E-state index contributed by atoms with van der Waals surface area (Å²) >= 11 is 0. The number of carbonyl (C=O) groups excluding carboxylic acids is 3. The van der Waals surface area contributed by atoms with Gasteiger partial charge < -0.3 is 19.7 Å². The molecule has 1 aliphatic carbocycles. The first kappa shape index (κ1) is 25.5. The molecule has 1 aromatic carbocycles. The van der Waals surface area contributed by atoms with Gasteiger partial charge in [-0.3, -0.25) is 9.59 Å². The van der Waals surface area contributed by atoms with E-state index in [0.29, 0.717) is 36.3 Å². The van der Waals surface area contributed by atoms with Crippen LogP contribution in [0, 0.1) is 11.8 Å². The number of nitrogens with zero attached hydrogens (tertiary/aromatic N) is 1. The lowest BCUT2D eigenvalue weighted by Crippen LogP contribution is -2.43. The number of hydrogen-bond donors (Lipinski definition) is 1. The van der Waals surface area contributed by atoms with Gasteiger partial charge in [0.05, 0.1) is 19.3 Å². The summed E-state index contributed by atoms with van der Waals surface area (Å²) in [4.78, 5) is 41.7. The Morgan fingerprint density at radius 3 is 2.32 bits per heavy atom. The Kier molecular flexibility index (Phi) is 8.18. The molecule has 3 rings (SSSR count). The summed E-state index contributed by atoms with van der Waals surface area (Å²) in [5.74, 6) is -3.00. The topological polar surface area (TPSA) is 84.9 Å². The van der Waals surface area contributed by atoms with Gasteiger partial charge in [-0.05, 0) is 57.2 Å². The van der Waals surface area contributed by atoms with Crippen LogP contribution in [-0.4, -0.2) is 44.5 Å². The minimum absolute atomic E-state index is 0.210. The molecule has 7 heteroatoms. The largest absolute Gasteiger partial charge is 0.468 e. The van der Waals surface area contributed by atoms with Gasteiger partial charge in [0, 0.05) is 41.7 Å². The monoisotopic (exact) mass is 468 g/mol. The lowest BCUT2D eigenvalue weighted by molar-refractivity contribution is -0.151. The van der Waals surface area contributed by atoms with Crippen LogP contribution in [0.1, 0.15) is 58.9 Å². The highest BCUT2D eigenvalue weighted by molar-refractivity contribution is 6.12. The molecule has 34 heavy (non-hydrogen) atoms. The number of esters is 2. The van der Waals surface area contributed by atoms with Crippen molar-refractivity contribution >= 4 is 23.4 Å². The number of carbonyl (C=O) groups is 3. The van der Waals surface area contributed by atoms with Gasteiger partial charge >= 0.3 is 11.9 Å². The van der Waals surface area contributed by atoms with Gasteiger partial charge in [0.15, 0.2) is 5.78 Å². The fourth-order valence-electron chi connectivity index (χ4n) is 5.02. The highest BCUT2D eigenvalue weighted by atomic mass is 16.5. The van der Waals surface area contributed by atoms with Crippen LogP contribution in [0.5, 0.6) is 0 Å². The third-order valence-electron chi connectivity index (χ3n) is 6.76. The summed E-state index contributed by atoms with van der Waals surface area (Å²) in [5, 5.41) is 3.29. The minimum atomic E-state index is -0.894. The highest BCUT2D eigenvalue weighted by Crippen LogP contribution is 2.45. The molecule has 0 spiro atoms. The van der Waals surface area contributed by atoms with Gasteiger partial charge in [-0.2, -0.15) is 0 Å². The predicted molar refractivity (Wildman–Crippen MR) is 131 cm³/mol. The summed E-state index contributed by atoms with van der Waals surface area (Å²) in [5.41, 5.74) is 4.20. The fourth-order valence-corrected chi connectivity index (χ4v) is 5.02. The first-order valence-corrected chi connectivity index (χ1v) is 12.1. The SMILES string of the molecule is CCCOC(=O)C1=C(C)NC2=C(C(=O)[C@H](C(=O)OC)[C@@H](C)C2)[C@H]1c1ccc(N(CC)CC)cc1. The van der Waals surface area contributed by atoms with Crippen molar-refractivity contribution in [2.24, 2.45) is 11.8 Å². The first-order valence-electron chi connectivity index (χ1n) is 12.1. The van der Waals surface area contributed by atoms with Crippen molar-refractivity contribution in [3.8, 4) is 0 Å². The molecule has 1 N–H and O–H groups in total. The van der Waals surface area contributed by atoms with Crippen LogP contribution in [0.2, 0.25) is 0 Å². The van der Waals surface area contributed by atoms with Gasteiger partial charge in [0.1, 0.15) is 5.92 Å². The minimum Gasteiger partial charge on any atom is -0.468 e. The zero-order valence-corrected chi connectivity index (χ0v) is 21.1. The van der Waals surface area contributed by atoms with Crippen molar-refractivity contribution in [2.45, 2.75) is 53.4 Å². The van der Waals surface area contributed by atoms with E-state index in [4.69, 9.17) is 9.47 Å². The quantitative estimate of drug-likeness (QED) is 0.454. The van der Waals surface area contributed by atoms with Crippen LogP contribution < -0.4 is 10.2 Å². The number of allylic oxidation sites excluding steroid dienone is 3. The molecule has 0 unspecified atom stereocenters. The average molecular weight is 469 g/mol. The summed E-state index contributed by atoms with van der Waals surface area (Å²) < 4.78 is 10.5. The van der Waals surface area contributed by atoms with Crippen molar-refractivity contribution < 1.29 is 23.9 Å². The van der Waals surface area contributed by atoms with Gasteiger partial charge in [0.2, 0.25) is 0 Å². The second-order valence-electron chi connectivity index (χ2n) is 8.94. The van der Waals surface area contributed by atoms with Crippen LogP contribution in [0.15, 0.2) is 46.8 Å². The summed E-state index contributed by atoms with van der Waals surface area (Å²) in [6, 6.07) is 7.96. The Morgan fingerprint density at radius 1 is 1.12 bits per heavy atom. The molecule has 2 aliphatic rings. The third kappa shape index (κ3) is 4.74. The predicted octanol–water partition coefficient (Wildman–Crippen LogP) is 4.10. The molecular weight excluding hydrogens is 432 g/mol.